The number of hydrogen-bond donors (Lipinski definition) is 1. The number of benzene rings is 2. The molecule has 3 aromatic rings. The number of halogens is 1. The molecule has 1 atom stereocenters. The predicted octanol–water partition coefficient (Wildman–Crippen LogP) is 3.97. The van der Waals surface area contributed by atoms with Gasteiger partial charge in [-0.05, 0) is 29.7 Å². The Morgan fingerprint density at radius 1 is 1.10 bits per heavy atom. The van der Waals surface area contributed by atoms with Crippen LogP contribution in [0.5, 0.6) is 5.75 Å². The average molecular weight is 454 g/mol. The first kappa shape index (κ1) is 20.0. The third-order valence-corrected chi connectivity index (χ3v) is 7.46. The summed E-state index contributed by atoms with van der Waals surface area (Å²) in [6, 6.07) is 15.1. The van der Waals surface area contributed by atoms with Gasteiger partial charge in [-0.15, -0.1) is 11.8 Å². The number of aromatic nitrogens is 1. The molecule has 5 rings (SSSR count). The number of carbonyl (C=O) groups excluding carboxylic acids is 1. The summed E-state index contributed by atoms with van der Waals surface area (Å²) < 4.78 is 1.62. The normalized spacial score (nSPS) is 17.6. The molecule has 0 bridgehead atoms. The van der Waals surface area contributed by atoms with Crippen LogP contribution in [0, 0.1) is 0 Å². The van der Waals surface area contributed by atoms with Gasteiger partial charge in [0.25, 0.3) is 5.91 Å². The third kappa shape index (κ3) is 3.11. The van der Waals surface area contributed by atoms with Gasteiger partial charge < -0.3 is 10.0 Å². The van der Waals surface area contributed by atoms with E-state index in [1.807, 2.05) is 36.2 Å². The first-order valence-electron chi connectivity index (χ1n) is 10.0. The van der Waals surface area contributed by atoms with Gasteiger partial charge in [-0.2, -0.15) is 0 Å². The molecule has 0 aliphatic carbocycles. The van der Waals surface area contributed by atoms with Crippen molar-refractivity contribution >= 4 is 29.3 Å². The van der Waals surface area contributed by atoms with Gasteiger partial charge in [0, 0.05) is 29.5 Å². The standard InChI is InChI=1S/C23H20ClN3O3S/c1-2-25-13-27(26-11-10-18(28)21(29)20(26)23(25)30)19-15-7-4-3-6-14(15)12-31-22-16(19)8-5-9-17(22)24/h3-11,19,29H,2,12-13H2,1H3. The summed E-state index contributed by atoms with van der Waals surface area (Å²) in [5.41, 5.74) is 2.72. The monoisotopic (exact) mass is 453 g/mol. The van der Waals surface area contributed by atoms with Crippen LogP contribution in [0.15, 0.2) is 64.4 Å². The molecule has 0 saturated heterocycles. The van der Waals surface area contributed by atoms with Gasteiger partial charge in [0.15, 0.2) is 11.4 Å². The molecule has 0 radical (unpaired) electrons. The van der Waals surface area contributed by atoms with E-state index >= 15 is 0 Å². The number of rotatable bonds is 2. The second kappa shape index (κ2) is 7.66. The SMILES string of the molecule is CCN1CN(C2c3ccccc3CSc3c(Cl)cccc32)n2ccc(=O)c(O)c2C1=O. The van der Waals surface area contributed by atoms with Crippen molar-refractivity contribution in [3.8, 4) is 5.75 Å². The van der Waals surface area contributed by atoms with Crippen molar-refractivity contribution in [2.45, 2.75) is 23.6 Å². The molecule has 2 aromatic carbocycles. The molecule has 0 spiro atoms. The summed E-state index contributed by atoms with van der Waals surface area (Å²) in [6.07, 6.45) is 1.56. The van der Waals surface area contributed by atoms with Crippen LogP contribution >= 0.6 is 23.4 Å². The zero-order chi connectivity index (χ0) is 21.7. The zero-order valence-corrected chi connectivity index (χ0v) is 18.4. The number of hydrogen-bond acceptors (Lipinski definition) is 5. The molecule has 1 unspecified atom stereocenters. The van der Waals surface area contributed by atoms with E-state index in [0.717, 1.165) is 21.8 Å². The lowest BCUT2D eigenvalue weighted by Crippen LogP contribution is -2.55. The molecule has 3 heterocycles. The van der Waals surface area contributed by atoms with Crippen molar-refractivity contribution in [2.24, 2.45) is 0 Å². The van der Waals surface area contributed by atoms with Crippen molar-refractivity contribution < 1.29 is 9.90 Å². The zero-order valence-electron chi connectivity index (χ0n) is 16.8. The largest absolute Gasteiger partial charge is 0.502 e. The van der Waals surface area contributed by atoms with Crippen LogP contribution in [0.1, 0.15) is 40.1 Å². The van der Waals surface area contributed by atoms with E-state index in [-0.39, 0.29) is 17.6 Å². The van der Waals surface area contributed by atoms with Gasteiger partial charge in [-0.1, -0.05) is 48.0 Å². The summed E-state index contributed by atoms with van der Waals surface area (Å²) in [6.45, 7) is 2.63. The fraction of sp³-hybridized carbons (Fsp3) is 0.217. The molecule has 0 fully saturated rings. The highest BCUT2D eigenvalue weighted by molar-refractivity contribution is 7.98. The number of aromatic hydroxyl groups is 1. The number of nitrogens with zero attached hydrogens (tertiary/aromatic N) is 3. The first-order chi connectivity index (χ1) is 15.0. The van der Waals surface area contributed by atoms with Gasteiger partial charge in [0.05, 0.1) is 11.1 Å². The molecular weight excluding hydrogens is 434 g/mol. The van der Waals surface area contributed by atoms with Crippen LogP contribution < -0.4 is 10.4 Å². The van der Waals surface area contributed by atoms with E-state index in [9.17, 15) is 14.7 Å². The van der Waals surface area contributed by atoms with E-state index in [4.69, 9.17) is 11.6 Å². The maximum atomic E-state index is 13.0. The average Bonchev–Trinajstić information content (AvgIpc) is 2.94. The maximum Gasteiger partial charge on any atom is 0.277 e. The Bertz CT molecular complexity index is 1260. The Balaban J connectivity index is 1.80. The molecule has 1 N–H and O–H groups in total. The molecule has 8 heteroatoms. The number of amides is 1. The summed E-state index contributed by atoms with van der Waals surface area (Å²) in [5, 5.41) is 13.2. The highest BCUT2D eigenvalue weighted by Crippen LogP contribution is 2.45. The van der Waals surface area contributed by atoms with Crippen LogP contribution in [-0.2, 0) is 5.75 Å². The fourth-order valence-corrected chi connectivity index (χ4v) is 5.76. The van der Waals surface area contributed by atoms with Gasteiger partial charge >= 0.3 is 0 Å². The summed E-state index contributed by atoms with van der Waals surface area (Å²) in [7, 11) is 0. The summed E-state index contributed by atoms with van der Waals surface area (Å²) in [4.78, 5) is 27.8. The molecule has 158 valence electrons. The Morgan fingerprint density at radius 3 is 2.68 bits per heavy atom. The number of pyridine rings is 1. The van der Waals surface area contributed by atoms with Crippen molar-refractivity contribution in [3.63, 3.8) is 0 Å². The topological polar surface area (TPSA) is 65.8 Å². The Kier molecular flexibility index (Phi) is 4.95. The molecule has 2 aliphatic rings. The quantitative estimate of drug-likeness (QED) is 0.636. The lowest BCUT2D eigenvalue weighted by Gasteiger charge is -2.44. The van der Waals surface area contributed by atoms with Crippen LogP contribution in [0.2, 0.25) is 5.02 Å². The van der Waals surface area contributed by atoms with Crippen molar-refractivity contribution in [3.05, 3.63) is 92.4 Å². The van der Waals surface area contributed by atoms with E-state index in [1.165, 1.54) is 11.6 Å². The lowest BCUT2D eigenvalue weighted by molar-refractivity contribution is 0.0690. The minimum atomic E-state index is -0.572. The Labute approximate surface area is 188 Å². The molecule has 2 aliphatic heterocycles. The van der Waals surface area contributed by atoms with Crippen LogP contribution in [-0.4, -0.2) is 33.8 Å². The third-order valence-electron chi connectivity index (χ3n) is 5.83. The Hall–Kier alpha value is -2.90. The van der Waals surface area contributed by atoms with Gasteiger partial charge in [-0.25, -0.2) is 0 Å². The number of thioether (sulfide) groups is 1. The van der Waals surface area contributed by atoms with Gasteiger partial charge in [0.1, 0.15) is 6.67 Å². The van der Waals surface area contributed by atoms with Crippen LogP contribution in [0.25, 0.3) is 0 Å². The molecule has 1 aromatic heterocycles. The summed E-state index contributed by atoms with van der Waals surface area (Å²) >= 11 is 8.29. The molecular formula is C23H20ClN3O3S. The van der Waals surface area contributed by atoms with Gasteiger partial charge in [-0.3, -0.25) is 19.3 Å². The predicted molar refractivity (Wildman–Crippen MR) is 121 cm³/mol. The fourth-order valence-electron chi connectivity index (χ4n) is 4.30. The van der Waals surface area contributed by atoms with E-state index in [1.54, 1.807) is 27.5 Å². The molecule has 6 nitrogen and oxygen atoms in total. The molecule has 1 amide bonds. The van der Waals surface area contributed by atoms with E-state index in [2.05, 4.69) is 18.2 Å². The number of carbonyl (C=O) groups is 1. The first-order valence-corrected chi connectivity index (χ1v) is 11.4. The second-order valence-corrected chi connectivity index (χ2v) is 8.90. The molecule has 31 heavy (non-hydrogen) atoms. The molecule has 0 saturated carbocycles. The van der Waals surface area contributed by atoms with Crippen molar-refractivity contribution in [2.75, 3.05) is 18.2 Å². The van der Waals surface area contributed by atoms with Crippen LogP contribution in [0.4, 0.5) is 0 Å². The van der Waals surface area contributed by atoms with Crippen LogP contribution in [0.3, 0.4) is 0 Å². The smallest absolute Gasteiger partial charge is 0.277 e. The van der Waals surface area contributed by atoms with E-state index < -0.39 is 11.2 Å². The van der Waals surface area contributed by atoms with E-state index in [0.29, 0.717) is 18.2 Å². The minimum absolute atomic E-state index is 0.0152. The van der Waals surface area contributed by atoms with Crippen molar-refractivity contribution in [1.29, 1.82) is 0 Å². The maximum absolute atomic E-state index is 13.0. The summed E-state index contributed by atoms with van der Waals surface area (Å²) in [5.74, 6) is -0.120. The highest BCUT2D eigenvalue weighted by atomic mass is 35.5. The van der Waals surface area contributed by atoms with Crippen molar-refractivity contribution in [1.82, 2.24) is 9.58 Å². The number of fused-ring (bicyclic) bond motifs is 3. The second-order valence-electron chi connectivity index (χ2n) is 7.51. The van der Waals surface area contributed by atoms with Gasteiger partial charge in [0.2, 0.25) is 5.43 Å². The lowest BCUT2D eigenvalue weighted by atomic mass is 9.94. The highest BCUT2D eigenvalue weighted by Gasteiger charge is 2.38. The Morgan fingerprint density at radius 2 is 1.87 bits per heavy atom. The minimum Gasteiger partial charge on any atom is -0.502 e.